The molecule has 8 rings (SSSR count). The van der Waals surface area contributed by atoms with Gasteiger partial charge in [-0.25, -0.2) is 4.68 Å². The number of thioether (sulfide) groups is 1. The second-order valence-electron chi connectivity index (χ2n) is 15.1. The number of aromatic nitrogens is 2. The second kappa shape index (κ2) is 16.9. The molecule has 0 aliphatic carbocycles. The lowest BCUT2D eigenvalue weighted by atomic mass is 9.86. The molecule has 0 saturated carbocycles. The summed E-state index contributed by atoms with van der Waals surface area (Å²) in [5.41, 5.74) is 8.20. The number of primary amides is 1. The number of hydrogen-bond acceptors (Lipinski definition) is 10. The van der Waals surface area contributed by atoms with Crippen LogP contribution in [0.25, 0.3) is 11.3 Å². The molecule has 2 atom stereocenters. The van der Waals surface area contributed by atoms with E-state index >= 15 is 0 Å². The molecule has 1 aromatic heterocycles. The van der Waals surface area contributed by atoms with Crippen LogP contribution in [0.3, 0.4) is 0 Å². The quantitative estimate of drug-likeness (QED) is 0.0849. The summed E-state index contributed by atoms with van der Waals surface area (Å²) in [6.45, 7) is 2.03. The number of para-hydroxylation sites is 1. The van der Waals surface area contributed by atoms with Gasteiger partial charge in [0.1, 0.15) is 34.6 Å². The number of rotatable bonds is 13. The first-order chi connectivity index (χ1) is 28.2. The molecule has 4 aromatic rings. The molecule has 4 aliphatic heterocycles. The Morgan fingerprint density at radius 1 is 0.845 bits per heavy atom. The van der Waals surface area contributed by atoms with Crippen LogP contribution in [-0.2, 0) is 14.4 Å². The Morgan fingerprint density at radius 2 is 1.60 bits per heavy atom. The minimum absolute atomic E-state index is 0.0679. The van der Waals surface area contributed by atoms with Crippen LogP contribution in [0, 0.1) is 5.92 Å². The first-order valence-corrected chi connectivity index (χ1v) is 20.9. The van der Waals surface area contributed by atoms with E-state index in [1.54, 1.807) is 12.1 Å². The zero-order valence-corrected chi connectivity index (χ0v) is 32.8. The van der Waals surface area contributed by atoms with Crippen molar-refractivity contribution in [2.24, 2.45) is 11.7 Å². The number of benzene rings is 3. The van der Waals surface area contributed by atoms with E-state index < -0.39 is 35.6 Å². The molecule has 58 heavy (non-hydrogen) atoms. The summed E-state index contributed by atoms with van der Waals surface area (Å²) in [6.07, 6.45) is 5.57. The lowest BCUT2D eigenvalue weighted by Crippen LogP contribution is -2.54. The van der Waals surface area contributed by atoms with Gasteiger partial charge in [0.05, 0.1) is 17.2 Å². The first-order valence-electron chi connectivity index (χ1n) is 19.9. The van der Waals surface area contributed by atoms with E-state index in [0.29, 0.717) is 65.1 Å². The van der Waals surface area contributed by atoms with E-state index in [-0.39, 0.29) is 36.3 Å². The van der Waals surface area contributed by atoms with Crippen LogP contribution in [0.15, 0.2) is 77.7 Å². The molecule has 15 heteroatoms. The van der Waals surface area contributed by atoms with E-state index in [0.717, 1.165) is 54.7 Å². The number of unbranched alkanes of at least 4 members (excludes halogenated alkanes) is 2. The Morgan fingerprint density at radius 3 is 2.34 bits per heavy atom. The molecule has 0 spiro atoms. The van der Waals surface area contributed by atoms with Crippen molar-refractivity contribution in [3.8, 4) is 22.8 Å². The van der Waals surface area contributed by atoms with Crippen molar-refractivity contribution in [1.29, 1.82) is 0 Å². The molecule has 2 fully saturated rings. The van der Waals surface area contributed by atoms with Gasteiger partial charge in [-0.15, -0.1) is 11.8 Å². The summed E-state index contributed by atoms with van der Waals surface area (Å²) in [5, 5.41) is 10.6. The van der Waals surface area contributed by atoms with Crippen molar-refractivity contribution in [2.75, 3.05) is 30.7 Å². The molecule has 2 saturated heterocycles. The maximum Gasteiger partial charge on any atom is 0.263 e. The lowest BCUT2D eigenvalue weighted by Gasteiger charge is -2.38. The molecule has 4 N–H and O–H groups in total. The van der Waals surface area contributed by atoms with Crippen LogP contribution in [0.4, 0.5) is 5.82 Å². The third-order valence-electron chi connectivity index (χ3n) is 11.5. The monoisotopic (exact) mass is 803 g/mol. The fraction of sp³-hybridized carbons (Fsp3) is 0.372. The van der Waals surface area contributed by atoms with Gasteiger partial charge in [0, 0.05) is 42.9 Å². The molecule has 4 aliphatic rings. The summed E-state index contributed by atoms with van der Waals surface area (Å²) in [7, 11) is 0. The fourth-order valence-corrected chi connectivity index (χ4v) is 9.60. The smallest absolute Gasteiger partial charge is 0.263 e. The lowest BCUT2D eigenvalue weighted by molar-refractivity contribution is -0.136. The number of ether oxygens (including phenoxy) is 1. The number of amides is 6. The van der Waals surface area contributed by atoms with E-state index in [1.165, 1.54) is 11.8 Å². The number of nitrogens with one attached hydrogen (secondary N) is 2. The molecule has 14 nitrogen and oxygen atoms in total. The molecule has 300 valence electrons. The van der Waals surface area contributed by atoms with E-state index in [1.807, 2.05) is 70.2 Å². The molecule has 2 unspecified atom stereocenters. The van der Waals surface area contributed by atoms with Gasteiger partial charge < -0.3 is 20.7 Å². The standard InChI is InChI=1S/C43H45N7O7S/c44-39(53)37-38(27-13-15-29(16-14-27)57-28-8-3-1-4-9-28)47-50-31(19-22-45-40(37)50)26-20-23-48(24-21-26)35(52)12-5-2-6-25-58-33-11-7-10-30-36(33)43(56)49(42(30)55)32-17-18-34(51)46-41(32)54/h1,3-4,7-11,13-16,26,31-32,45H,2,5-6,12,17-25H2,(H2,44,53)(H,46,51,54). The van der Waals surface area contributed by atoms with Gasteiger partial charge in [0.2, 0.25) is 17.7 Å². The Balaban J connectivity index is 0.811. The van der Waals surface area contributed by atoms with Gasteiger partial charge >= 0.3 is 0 Å². The molecule has 3 aromatic carbocycles. The van der Waals surface area contributed by atoms with Gasteiger partial charge in [-0.2, -0.15) is 5.10 Å². The average molecular weight is 804 g/mol. The highest BCUT2D eigenvalue weighted by molar-refractivity contribution is 7.99. The van der Waals surface area contributed by atoms with E-state index in [2.05, 4.69) is 10.6 Å². The summed E-state index contributed by atoms with van der Waals surface area (Å²) in [6, 6.07) is 21.2. The first kappa shape index (κ1) is 38.9. The number of nitrogens with two attached hydrogens (primary N) is 1. The Hall–Kier alpha value is -5.96. The van der Waals surface area contributed by atoms with Crippen molar-refractivity contribution in [1.82, 2.24) is 24.9 Å². The minimum atomic E-state index is -0.999. The second-order valence-corrected chi connectivity index (χ2v) is 16.2. The number of imide groups is 2. The van der Waals surface area contributed by atoms with Crippen LogP contribution in [0.1, 0.15) is 94.9 Å². The van der Waals surface area contributed by atoms with Crippen molar-refractivity contribution >= 4 is 53.0 Å². The van der Waals surface area contributed by atoms with Crippen molar-refractivity contribution in [3.63, 3.8) is 0 Å². The van der Waals surface area contributed by atoms with Crippen LogP contribution in [0.2, 0.25) is 0 Å². The van der Waals surface area contributed by atoms with E-state index in [4.69, 9.17) is 15.6 Å². The minimum Gasteiger partial charge on any atom is -0.457 e. The Kier molecular flexibility index (Phi) is 11.3. The Bertz CT molecular complexity index is 2250. The molecule has 0 radical (unpaired) electrons. The predicted octanol–water partition coefficient (Wildman–Crippen LogP) is 5.79. The summed E-state index contributed by atoms with van der Waals surface area (Å²) < 4.78 is 7.89. The van der Waals surface area contributed by atoms with Gasteiger partial charge in [-0.05, 0) is 98.7 Å². The largest absolute Gasteiger partial charge is 0.457 e. The topological polar surface area (TPSA) is 186 Å². The highest BCUT2D eigenvalue weighted by atomic mass is 32.2. The number of anilines is 1. The highest BCUT2D eigenvalue weighted by Crippen LogP contribution is 2.41. The van der Waals surface area contributed by atoms with Crippen molar-refractivity contribution in [2.45, 2.75) is 74.8 Å². The van der Waals surface area contributed by atoms with Gasteiger partial charge in [-0.3, -0.25) is 39.0 Å². The normalized spacial score (nSPS) is 19.4. The van der Waals surface area contributed by atoms with Crippen LogP contribution >= 0.6 is 11.8 Å². The number of carbonyl (C=O) groups excluding carboxylic acids is 6. The van der Waals surface area contributed by atoms with E-state index in [9.17, 15) is 28.8 Å². The van der Waals surface area contributed by atoms with Gasteiger partial charge in [0.25, 0.3) is 17.7 Å². The summed E-state index contributed by atoms with van der Waals surface area (Å²) in [5.74, 6) is 0.583. The number of piperidine rings is 2. The number of nitrogens with zero attached hydrogens (tertiary/aromatic N) is 4. The van der Waals surface area contributed by atoms with Crippen LogP contribution in [-0.4, -0.2) is 86.5 Å². The highest BCUT2D eigenvalue weighted by Gasteiger charge is 2.45. The molecule has 6 amide bonds. The van der Waals surface area contributed by atoms with Gasteiger partial charge in [0.15, 0.2) is 0 Å². The third kappa shape index (κ3) is 7.82. The zero-order valence-electron chi connectivity index (χ0n) is 32.0. The SMILES string of the molecule is NC(=O)c1c(-c2ccc(Oc3ccccc3)cc2)nn2c1NCCC2C1CCN(C(=O)CCCCCSc2cccc3c2C(=O)N(C2CCC(=O)NC2=O)C3=O)CC1. The third-order valence-corrected chi connectivity index (χ3v) is 12.6. The summed E-state index contributed by atoms with van der Waals surface area (Å²) >= 11 is 1.49. The zero-order chi connectivity index (χ0) is 40.3. The van der Waals surface area contributed by atoms with Crippen LogP contribution in [0.5, 0.6) is 11.5 Å². The Labute approximate surface area is 339 Å². The summed E-state index contributed by atoms with van der Waals surface area (Å²) in [4.78, 5) is 80.3. The number of likely N-dealkylation sites (tertiary alicyclic amines) is 1. The fourth-order valence-electron chi connectivity index (χ4n) is 8.51. The van der Waals surface area contributed by atoms with Crippen molar-refractivity contribution in [3.05, 3.63) is 89.5 Å². The molecular weight excluding hydrogens is 759 g/mol. The van der Waals surface area contributed by atoms with Crippen LogP contribution < -0.4 is 21.1 Å². The van der Waals surface area contributed by atoms with Gasteiger partial charge in [-0.1, -0.05) is 30.7 Å². The molecule has 5 heterocycles. The number of carbonyl (C=O) groups is 6. The van der Waals surface area contributed by atoms with Crippen molar-refractivity contribution < 1.29 is 33.5 Å². The maximum atomic E-state index is 13.4. The molecule has 0 bridgehead atoms. The number of hydrogen-bond donors (Lipinski definition) is 3. The molecular formula is C43H45N7O7S. The maximum absolute atomic E-state index is 13.4. The number of fused-ring (bicyclic) bond motifs is 2. The predicted molar refractivity (Wildman–Crippen MR) is 216 cm³/mol. The average Bonchev–Trinajstić information content (AvgIpc) is 3.75.